The molecular formula is C18H29IN4O. The number of halogens is 1. The fourth-order valence-corrected chi connectivity index (χ4v) is 3.31. The minimum atomic E-state index is 0. The van der Waals surface area contributed by atoms with Crippen LogP contribution in [0.3, 0.4) is 0 Å². The summed E-state index contributed by atoms with van der Waals surface area (Å²) in [5, 5.41) is 3.21. The van der Waals surface area contributed by atoms with Crippen LogP contribution in [0.2, 0.25) is 0 Å². The maximum atomic E-state index is 5.90. The van der Waals surface area contributed by atoms with Crippen LogP contribution in [0.25, 0.3) is 0 Å². The Kier molecular flexibility index (Phi) is 8.28. The smallest absolute Gasteiger partial charge is 0.188 e. The van der Waals surface area contributed by atoms with Crippen LogP contribution in [-0.2, 0) is 17.7 Å². The lowest BCUT2D eigenvalue weighted by Crippen LogP contribution is -2.36. The Hall–Kier alpha value is -0.860. The Morgan fingerprint density at radius 1 is 1.33 bits per heavy atom. The molecule has 1 unspecified atom stereocenters. The van der Waals surface area contributed by atoms with Crippen LogP contribution in [0.1, 0.15) is 30.4 Å². The summed E-state index contributed by atoms with van der Waals surface area (Å²) in [4.78, 5) is 6.88. The predicted molar refractivity (Wildman–Crippen MR) is 109 cm³/mol. The molecular weight excluding hydrogens is 415 g/mol. The largest absolute Gasteiger partial charge is 0.376 e. The molecule has 1 aromatic carbocycles. The third-order valence-corrected chi connectivity index (χ3v) is 4.66. The van der Waals surface area contributed by atoms with Crippen molar-refractivity contribution in [2.45, 2.75) is 38.3 Å². The highest BCUT2D eigenvalue weighted by Gasteiger charge is 2.15. The number of ether oxygens (including phenoxy) is 1. The van der Waals surface area contributed by atoms with Gasteiger partial charge in [-0.25, -0.2) is 0 Å². The molecule has 1 fully saturated rings. The molecule has 134 valence electrons. The van der Waals surface area contributed by atoms with E-state index in [1.54, 1.807) is 0 Å². The summed E-state index contributed by atoms with van der Waals surface area (Å²) in [6, 6.07) is 8.77. The normalized spacial score (nSPS) is 21.2. The zero-order valence-electron chi connectivity index (χ0n) is 14.2. The van der Waals surface area contributed by atoms with Gasteiger partial charge in [0.15, 0.2) is 5.96 Å². The summed E-state index contributed by atoms with van der Waals surface area (Å²) in [7, 11) is 0. The molecule has 2 heterocycles. The second-order valence-electron chi connectivity index (χ2n) is 6.44. The molecule has 0 radical (unpaired) electrons. The Morgan fingerprint density at radius 3 is 2.96 bits per heavy atom. The van der Waals surface area contributed by atoms with E-state index < -0.39 is 0 Å². The number of nitrogens with zero attached hydrogens (tertiary/aromatic N) is 2. The average Bonchev–Trinajstić information content (AvgIpc) is 3.10. The molecule has 2 aliphatic heterocycles. The Labute approximate surface area is 162 Å². The highest BCUT2D eigenvalue weighted by molar-refractivity contribution is 14.0. The van der Waals surface area contributed by atoms with Gasteiger partial charge in [0.05, 0.1) is 12.6 Å². The van der Waals surface area contributed by atoms with Crippen LogP contribution in [-0.4, -0.2) is 49.7 Å². The summed E-state index contributed by atoms with van der Waals surface area (Å²) in [6.45, 7) is 5.74. The van der Waals surface area contributed by atoms with E-state index in [1.165, 1.54) is 11.1 Å². The molecule has 0 bridgehead atoms. The van der Waals surface area contributed by atoms with Crippen LogP contribution in [0.15, 0.2) is 29.3 Å². The highest BCUT2D eigenvalue weighted by Crippen LogP contribution is 2.18. The number of hydrogen-bond donors (Lipinski definition) is 2. The van der Waals surface area contributed by atoms with Crippen molar-refractivity contribution in [2.75, 3.05) is 32.8 Å². The number of benzene rings is 1. The predicted octanol–water partition coefficient (Wildman–Crippen LogP) is 2.14. The topological polar surface area (TPSA) is 62.9 Å². The molecule has 0 aliphatic carbocycles. The van der Waals surface area contributed by atoms with Crippen molar-refractivity contribution in [1.29, 1.82) is 0 Å². The first-order chi connectivity index (χ1) is 11.3. The van der Waals surface area contributed by atoms with Crippen molar-refractivity contribution in [3.8, 4) is 0 Å². The van der Waals surface area contributed by atoms with Gasteiger partial charge in [-0.15, -0.1) is 24.0 Å². The van der Waals surface area contributed by atoms with Crippen LogP contribution in [0.5, 0.6) is 0 Å². The molecule has 0 spiro atoms. The van der Waals surface area contributed by atoms with Gasteiger partial charge >= 0.3 is 0 Å². The molecule has 0 aromatic heterocycles. The molecule has 1 atom stereocenters. The van der Waals surface area contributed by atoms with Gasteiger partial charge in [-0.3, -0.25) is 9.89 Å². The van der Waals surface area contributed by atoms with E-state index >= 15 is 0 Å². The zero-order valence-corrected chi connectivity index (χ0v) is 16.6. The SMILES string of the molecule is I.NC(=NCC1CCCO1)NCCCN1CCc2ccccc2C1. The molecule has 0 saturated carbocycles. The molecule has 5 nitrogen and oxygen atoms in total. The van der Waals surface area contributed by atoms with E-state index in [1.807, 2.05) is 0 Å². The quantitative estimate of drug-likeness (QED) is 0.306. The average molecular weight is 444 g/mol. The summed E-state index contributed by atoms with van der Waals surface area (Å²) in [5.41, 5.74) is 8.89. The summed E-state index contributed by atoms with van der Waals surface area (Å²) < 4.78 is 5.54. The van der Waals surface area contributed by atoms with E-state index in [9.17, 15) is 0 Å². The van der Waals surface area contributed by atoms with Gasteiger partial charge in [-0.1, -0.05) is 24.3 Å². The van der Waals surface area contributed by atoms with Gasteiger partial charge in [-0.2, -0.15) is 0 Å². The number of nitrogens with two attached hydrogens (primary N) is 1. The van der Waals surface area contributed by atoms with Crippen LogP contribution < -0.4 is 11.1 Å². The fraction of sp³-hybridized carbons (Fsp3) is 0.611. The van der Waals surface area contributed by atoms with Crippen molar-refractivity contribution < 1.29 is 4.74 Å². The maximum absolute atomic E-state index is 5.90. The van der Waals surface area contributed by atoms with Crippen molar-refractivity contribution in [1.82, 2.24) is 10.2 Å². The molecule has 3 N–H and O–H groups in total. The van der Waals surface area contributed by atoms with Gasteiger partial charge in [-0.05, 0) is 36.8 Å². The first-order valence-corrected chi connectivity index (χ1v) is 8.76. The van der Waals surface area contributed by atoms with Gasteiger partial charge in [0.25, 0.3) is 0 Å². The van der Waals surface area contributed by atoms with Gasteiger partial charge in [0.1, 0.15) is 0 Å². The lowest BCUT2D eigenvalue weighted by molar-refractivity contribution is 0.118. The molecule has 2 aliphatic rings. The lowest BCUT2D eigenvalue weighted by Gasteiger charge is -2.28. The molecule has 1 saturated heterocycles. The minimum absolute atomic E-state index is 0. The monoisotopic (exact) mass is 444 g/mol. The standard InChI is InChI=1S/C18H28N4O.HI/c19-18(21-13-17-7-3-12-23-17)20-9-4-10-22-11-8-15-5-1-2-6-16(15)14-22;/h1-2,5-6,17H,3-4,7-14H2,(H3,19,20,21);1H. The van der Waals surface area contributed by atoms with E-state index in [4.69, 9.17) is 10.5 Å². The lowest BCUT2D eigenvalue weighted by atomic mass is 10.00. The van der Waals surface area contributed by atoms with Crippen molar-refractivity contribution in [3.63, 3.8) is 0 Å². The number of nitrogens with one attached hydrogen (secondary N) is 1. The van der Waals surface area contributed by atoms with E-state index in [0.717, 1.165) is 58.5 Å². The van der Waals surface area contributed by atoms with Crippen molar-refractivity contribution in [3.05, 3.63) is 35.4 Å². The second-order valence-corrected chi connectivity index (χ2v) is 6.44. The van der Waals surface area contributed by atoms with Crippen LogP contribution in [0, 0.1) is 0 Å². The summed E-state index contributed by atoms with van der Waals surface area (Å²) in [6.07, 6.45) is 4.76. The van der Waals surface area contributed by atoms with Crippen molar-refractivity contribution in [2.24, 2.45) is 10.7 Å². The third-order valence-electron chi connectivity index (χ3n) is 4.66. The van der Waals surface area contributed by atoms with Gasteiger partial charge < -0.3 is 15.8 Å². The molecule has 24 heavy (non-hydrogen) atoms. The first-order valence-electron chi connectivity index (χ1n) is 8.76. The summed E-state index contributed by atoms with van der Waals surface area (Å²) in [5.74, 6) is 0.546. The Morgan fingerprint density at radius 2 is 2.17 bits per heavy atom. The third kappa shape index (κ3) is 5.89. The first kappa shape index (κ1) is 19.5. The van der Waals surface area contributed by atoms with Crippen molar-refractivity contribution >= 4 is 29.9 Å². The van der Waals surface area contributed by atoms with E-state index in [2.05, 4.69) is 39.5 Å². The number of rotatable bonds is 6. The number of guanidine groups is 1. The number of fused-ring (bicyclic) bond motifs is 1. The van der Waals surface area contributed by atoms with E-state index in [0.29, 0.717) is 12.5 Å². The maximum Gasteiger partial charge on any atom is 0.188 e. The molecule has 3 rings (SSSR count). The molecule has 1 aromatic rings. The second kappa shape index (κ2) is 10.2. The van der Waals surface area contributed by atoms with Gasteiger partial charge in [0, 0.05) is 32.8 Å². The minimum Gasteiger partial charge on any atom is -0.376 e. The van der Waals surface area contributed by atoms with Gasteiger partial charge in [0.2, 0.25) is 0 Å². The highest BCUT2D eigenvalue weighted by atomic mass is 127. The molecule has 6 heteroatoms. The zero-order chi connectivity index (χ0) is 15.9. The fourth-order valence-electron chi connectivity index (χ4n) is 3.31. The number of hydrogen-bond acceptors (Lipinski definition) is 3. The Bertz CT molecular complexity index is 532. The molecule has 0 amide bonds. The van der Waals surface area contributed by atoms with Crippen LogP contribution >= 0.6 is 24.0 Å². The Balaban J connectivity index is 0.00000208. The van der Waals surface area contributed by atoms with Crippen LogP contribution in [0.4, 0.5) is 0 Å². The number of aliphatic imine (C=N–C) groups is 1. The van der Waals surface area contributed by atoms with E-state index in [-0.39, 0.29) is 30.1 Å². The summed E-state index contributed by atoms with van der Waals surface area (Å²) >= 11 is 0.